The Labute approximate surface area is 162 Å². The molecule has 0 N–H and O–H groups in total. The molecule has 2 aromatic heterocycles. The summed E-state index contributed by atoms with van der Waals surface area (Å²) in [5, 5.41) is 2.05. The van der Waals surface area contributed by atoms with Crippen LogP contribution in [0.2, 0.25) is 0 Å². The molecule has 0 atom stereocenters. The van der Waals surface area contributed by atoms with E-state index in [1.807, 2.05) is 6.92 Å². The maximum atomic E-state index is 13.2. The standard InChI is InChI=1S/C18H19N3O4S2/c1-13-4-7-17(20-11-13)27(22,23)21(18-19-8-9-26-18)12-14-5-6-15(24-2)10-16(14)25-3/h4-11H,12H2,1-3H3. The van der Waals surface area contributed by atoms with Gasteiger partial charge in [-0.1, -0.05) is 6.07 Å². The van der Waals surface area contributed by atoms with Crippen LogP contribution in [0.4, 0.5) is 5.13 Å². The molecular weight excluding hydrogens is 386 g/mol. The van der Waals surface area contributed by atoms with E-state index >= 15 is 0 Å². The van der Waals surface area contributed by atoms with Gasteiger partial charge in [0.2, 0.25) is 0 Å². The first-order valence-electron chi connectivity index (χ1n) is 8.01. The number of thiazole rings is 1. The summed E-state index contributed by atoms with van der Waals surface area (Å²) < 4.78 is 38.3. The number of nitrogens with zero attached hydrogens (tertiary/aromatic N) is 3. The van der Waals surface area contributed by atoms with Crippen molar-refractivity contribution >= 4 is 26.5 Å². The number of ether oxygens (including phenoxy) is 2. The summed E-state index contributed by atoms with van der Waals surface area (Å²) in [6.07, 6.45) is 3.09. The molecule has 7 nitrogen and oxygen atoms in total. The van der Waals surface area contributed by atoms with Gasteiger partial charge >= 0.3 is 0 Å². The Hall–Kier alpha value is -2.65. The normalized spacial score (nSPS) is 11.2. The van der Waals surface area contributed by atoms with E-state index in [2.05, 4.69) is 9.97 Å². The predicted molar refractivity (Wildman–Crippen MR) is 104 cm³/mol. The highest BCUT2D eigenvalue weighted by Crippen LogP contribution is 2.31. The first kappa shape index (κ1) is 19.1. The van der Waals surface area contributed by atoms with Crippen molar-refractivity contribution in [1.82, 2.24) is 9.97 Å². The second-order valence-electron chi connectivity index (χ2n) is 5.68. The second-order valence-corrected chi connectivity index (χ2v) is 8.36. The highest BCUT2D eigenvalue weighted by molar-refractivity contribution is 7.92. The molecule has 0 aliphatic heterocycles. The molecule has 3 aromatic rings. The molecule has 2 heterocycles. The van der Waals surface area contributed by atoms with Crippen LogP contribution in [0.1, 0.15) is 11.1 Å². The van der Waals surface area contributed by atoms with Gasteiger partial charge < -0.3 is 9.47 Å². The van der Waals surface area contributed by atoms with Crippen LogP contribution in [0, 0.1) is 6.92 Å². The van der Waals surface area contributed by atoms with Crippen LogP contribution in [-0.2, 0) is 16.6 Å². The molecule has 9 heteroatoms. The van der Waals surface area contributed by atoms with Crippen LogP contribution in [0.3, 0.4) is 0 Å². The van der Waals surface area contributed by atoms with Crippen LogP contribution in [-0.4, -0.2) is 32.6 Å². The van der Waals surface area contributed by atoms with E-state index in [0.717, 1.165) is 5.56 Å². The van der Waals surface area contributed by atoms with E-state index in [4.69, 9.17) is 9.47 Å². The molecule has 0 aliphatic carbocycles. The van der Waals surface area contributed by atoms with E-state index in [1.165, 1.54) is 35.0 Å². The number of methoxy groups -OCH3 is 2. The van der Waals surface area contributed by atoms with Crippen molar-refractivity contribution in [2.45, 2.75) is 18.5 Å². The Bertz CT molecular complexity index is 1000. The molecule has 0 aliphatic rings. The number of rotatable bonds is 7. The zero-order chi connectivity index (χ0) is 19.4. The second kappa shape index (κ2) is 7.93. The molecule has 0 fully saturated rings. The Morgan fingerprint density at radius 1 is 1.11 bits per heavy atom. The topological polar surface area (TPSA) is 81.6 Å². The Morgan fingerprint density at radius 3 is 2.52 bits per heavy atom. The molecule has 0 unspecified atom stereocenters. The lowest BCUT2D eigenvalue weighted by atomic mass is 10.2. The van der Waals surface area contributed by atoms with E-state index in [1.54, 1.807) is 43.0 Å². The highest BCUT2D eigenvalue weighted by Gasteiger charge is 2.29. The summed E-state index contributed by atoms with van der Waals surface area (Å²) in [4.78, 5) is 8.27. The fourth-order valence-electron chi connectivity index (χ4n) is 2.45. The van der Waals surface area contributed by atoms with Crippen molar-refractivity contribution in [3.63, 3.8) is 0 Å². The quantitative estimate of drug-likeness (QED) is 0.600. The summed E-state index contributed by atoms with van der Waals surface area (Å²) in [5.41, 5.74) is 1.57. The predicted octanol–water partition coefficient (Wildman–Crippen LogP) is 3.26. The van der Waals surface area contributed by atoms with Crippen LogP contribution in [0.5, 0.6) is 11.5 Å². The number of anilines is 1. The lowest BCUT2D eigenvalue weighted by Gasteiger charge is -2.22. The van der Waals surface area contributed by atoms with E-state index < -0.39 is 10.0 Å². The molecule has 0 saturated heterocycles. The van der Waals surface area contributed by atoms with Gasteiger partial charge in [-0.05, 0) is 30.7 Å². The fraction of sp³-hybridized carbons (Fsp3) is 0.222. The van der Waals surface area contributed by atoms with Gasteiger partial charge in [-0.25, -0.2) is 14.3 Å². The molecule has 3 rings (SSSR count). The van der Waals surface area contributed by atoms with E-state index in [-0.39, 0.29) is 11.6 Å². The largest absolute Gasteiger partial charge is 0.497 e. The molecule has 0 spiro atoms. The molecule has 27 heavy (non-hydrogen) atoms. The van der Waals surface area contributed by atoms with Crippen LogP contribution in [0.25, 0.3) is 0 Å². The third-order valence-corrected chi connectivity index (χ3v) is 6.44. The molecule has 1 aromatic carbocycles. The number of aromatic nitrogens is 2. The summed E-state index contributed by atoms with van der Waals surface area (Å²) in [5.74, 6) is 1.16. The Morgan fingerprint density at radius 2 is 1.93 bits per heavy atom. The smallest absolute Gasteiger partial charge is 0.283 e. The third kappa shape index (κ3) is 4.04. The van der Waals surface area contributed by atoms with Crippen LogP contribution >= 0.6 is 11.3 Å². The van der Waals surface area contributed by atoms with Crippen LogP contribution < -0.4 is 13.8 Å². The number of sulfonamides is 1. The van der Waals surface area contributed by atoms with Crippen molar-refractivity contribution < 1.29 is 17.9 Å². The molecule has 0 radical (unpaired) electrons. The van der Waals surface area contributed by atoms with Crippen molar-refractivity contribution in [3.05, 3.63) is 59.2 Å². The number of pyridine rings is 1. The number of benzene rings is 1. The van der Waals surface area contributed by atoms with Gasteiger partial charge in [0, 0.05) is 29.4 Å². The zero-order valence-electron chi connectivity index (χ0n) is 15.1. The minimum absolute atomic E-state index is 0.0317. The monoisotopic (exact) mass is 405 g/mol. The first-order chi connectivity index (χ1) is 13.0. The van der Waals surface area contributed by atoms with E-state index in [0.29, 0.717) is 22.2 Å². The van der Waals surface area contributed by atoms with Gasteiger partial charge in [0.1, 0.15) is 11.5 Å². The average Bonchev–Trinajstić information content (AvgIpc) is 3.20. The van der Waals surface area contributed by atoms with E-state index in [9.17, 15) is 8.42 Å². The molecule has 142 valence electrons. The lowest BCUT2D eigenvalue weighted by Crippen LogP contribution is -2.31. The van der Waals surface area contributed by atoms with Gasteiger partial charge in [0.15, 0.2) is 10.2 Å². The van der Waals surface area contributed by atoms with Gasteiger partial charge in [-0.2, -0.15) is 8.42 Å². The van der Waals surface area contributed by atoms with Crippen molar-refractivity contribution in [1.29, 1.82) is 0 Å². The summed E-state index contributed by atoms with van der Waals surface area (Å²) in [6.45, 7) is 1.91. The summed E-state index contributed by atoms with van der Waals surface area (Å²) in [6, 6.07) is 8.46. The van der Waals surface area contributed by atoms with Gasteiger partial charge in [0.25, 0.3) is 10.0 Å². The maximum Gasteiger partial charge on any atom is 0.283 e. The zero-order valence-corrected chi connectivity index (χ0v) is 16.8. The summed E-state index contributed by atoms with van der Waals surface area (Å²) in [7, 11) is -0.807. The lowest BCUT2D eigenvalue weighted by molar-refractivity contribution is 0.391. The highest BCUT2D eigenvalue weighted by atomic mass is 32.2. The van der Waals surface area contributed by atoms with Crippen molar-refractivity contribution in [3.8, 4) is 11.5 Å². The SMILES string of the molecule is COc1ccc(CN(c2nccs2)S(=O)(=O)c2ccc(C)cn2)c(OC)c1. The van der Waals surface area contributed by atoms with Gasteiger partial charge in [0.05, 0.1) is 20.8 Å². The van der Waals surface area contributed by atoms with Crippen molar-refractivity contribution in [2.75, 3.05) is 18.5 Å². The van der Waals surface area contributed by atoms with Gasteiger partial charge in [-0.15, -0.1) is 11.3 Å². The molecule has 0 amide bonds. The number of aryl methyl sites for hydroxylation is 1. The van der Waals surface area contributed by atoms with Gasteiger partial charge in [-0.3, -0.25) is 0 Å². The minimum atomic E-state index is -3.90. The number of hydrogen-bond donors (Lipinski definition) is 0. The fourth-order valence-corrected chi connectivity index (χ4v) is 4.64. The maximum absolute atomic E-state index is 13.2. The third-order valence-electron chi connectivity index (χ3n) is 3.88. The first-order valence-corrected chi connectivity index (χ1v) is 10.3. The molecular formula is C18H19N3O4S2. The summed E-state index contributed by atoms with van der Waals surface area (Å²) >= 11 is 1.24. The Kier molecular flexibility index (Phi) is 5.62. The molecule has 0 saturated carbocycles. The average molecular weight is 406 g/mol. The van der Waals surface area contributed by atoms with Crippen molar-refractivity contribution in [2.24, 2.45) is 0 Å². The number of hydrogen-bond acceptors (Lipinski definition) is 7. The Balaban J connectivity index is 2.04. The molecule has 0 bridgehead atoms. The van der Waals surface area contributed by atoms with Crippen LogP contribution in [0.15, 0.2) is 53.1 Å². The minimum Gasteiger partial charge on any atom is -0.497 e.